The number of nitrogens with two attached hydrogens (primary N) is 1. The lowest BCUT2D eigenvalue weighted by molar-refractivity contribution is 0.413. The highest BCUT2D eigenvalue weighted by Gasteiger charge is 2.15. The smallest absolute Gasteiger partial charge is 0.169 e. The highest BCUT2D eigenvalue weighted by Crippen LogP contribution is 2.25. The zero-order chi connectivity index (χ0) is 14.0. The Hall–Kier alpha value is -1.56. The lowest BCUT2D eigenvalue weighted by Crippen LogP contribution is -2.09. The van der Waals surface area contributed by atoms with Crippen LogP contribution in [-0.4, -0.2) is 22.1 Å². The van der Waals surface area contributed by atoms with E-state index >= 15 is 0 Å². The maximum absolute atomic E-state index is 5.86. The average molecular weight is 325 g/mol. The van der Waals surface area contributed by atoms with E-state index in [0.29, 0.717) is 12.4 Å². The second kappa shape index (κ2) is 5.61. The lowest BCUT2D eigenvalue weighted by Gasteiger charge is -2.11. The molecule has 5 nitrogen and oxygen atoms in total. The Morgan fingerprint density at radius 1 is 1.42 bits per heavy atom. The number of methoxy groups -OCH3 is 1. The van der Waals surface area contributed by atoms with Crippen LogP contribution in [0.4, 0.5) is 5.82 Å². The third-order valence-corrected chi connectivity index (χ3v) is 3.69. The van der Waals surface area contributed by atoms with Crippen LogP contribution < -0.4 is 10.5 Å². The van der Waals surface area contributed by atoms with Crippen LogP contribution in [0.5, 0.6) is 5.75 Å². The Morgan fingerprint density at radius 2 is 2.16 bits per heavy atom. The van der Waals surface area contributed by atoms with Crippen LogP contribution in [0, 0.1) is 0 Å². The molecule has 2 N–H and O–H groups in total. The van der Waals surface area contributed by atoms with Crippen molar-refractivity contribution in [3.05, 3.63) is 33.9 Å². The molecule has 0 bridgehead atoms. The van der Waals surface area contributed by atoms with Crippen LogP contribution in [0.3, 0.4) is 0 Å². The largest absolute Gasteiger partial charge is 0.497 e. The van der Waals surface area contributed by atoms with Gasteiger partial charge >= 0.3 is 0 Å². The van der Waals surface area contributed by atoms with Gasteiger partial charge in [-0.15, -0.1) is 5.10 Å². The van der Waals surface area contributed by atoms with Crippen molar-refractivity contribution < 1.29 is 4.74 Å². The lowest BCUT2D eigenvalue weighted by atomic mass is 10.1. The summed E-state index contributed by atoms with van der Waals surface area (Å²) in [6.07, 6.45) is 0. The van der Waals surface area contributed by atoms with E-state index in [-0.39, 0.29) is 5.92 Å². The van der Waals surface area contributed by atoms with Crippen molar-refractivity contribution >= 4 is 21.7 Å². The molecule has 102 valence electrons. The topological polar surface area (TPSA) is 66.0 Å². The maximum atomic E-state index is 5.86. The molecular weight excluding hydrogens is 308 g/mol. The SMILES string of the molecule is COc1ccc(Br)c(Cn2nnc(N)c2C(C)C)c1. The molecule has 0 saturated carbocycles. The minimum atomic E-state index is 0.277. The van der Waals surface area contributed by atoms with E-state index < -0.39 is 0 Å². The van der Waals surface area contributed by atoms with E-state index in [1.165, 1.54) is 0 Å². The summed E-state index contributed by atoms with van der Waals surface area (Å²) >= 11 is 3.54. The van der Waals surface area contributed by atoms with E-state index in [2.05, 4.69) is 40.1 Å². The summed E-state index contributed by atoms with van der Waals surface area (Å²) in [7, 11) is 1.65. The molecule has 1 heterocycles. The van der Waals surface area contributed by atoms with Gasteiger partial charge < -0.3 is 10.5 Å². The van der Waals surface area contributed by atoms with E-state index in [1.807, 2.05) is 22.9 Å². The Kier molecular flexibility index (Phi) is 4.09. The molecule has 0 radical (unpaired) electrons. The molecule has 1 aromatic carbocycles. The van der Waals surface area contributed by atoms with Gasteiger partial charge in [-0.05, 0) is 29.7 Å². The summed E-state index contributed by atoms with van der Waals surface area (Å²) in [6, 6.07) is 5.85. The van der Waals surface area contributed by atoms with E-state index in [1.54, 1.807) is 7.11 Å². The number of anilines is 1. The predicted octanol–water partition coefficient (Wildman–Crippen LogP) is 2.80. The molecule has 0 spiro atoms. The van der Waals surface area contributed by atoms with Gasteiger partial charge in [-0.25, -0.2) is 4.68 Å². The Labute approximate surface area is 120 Å². The fourth-order valence-corrected chi connectivity index (χ4v) is 2.38. The van der Waals surface area contributed by atoms with Crippen molar-refractivity contribution in [3.63, 3.8) is 0 Å². The number of benzene rings is 1. The van der Waals surface area contributed by atoms with Crippen LogP contribution in [0.25, 0.3) is 0 Å². The predicted molar refractivity (Wildman–Crippen MR) is 78.3 cm³/mol. The van der Waals surface area contributed by atoms with Gasteiger partial charge in [0.15, 0.2) is 5.82 Å². The number of nitrogen functional groups attached to an aromatic ring is 1. The fourth-order valence-electron chi connectivity index (χ4n) is 2.01. The van der Waals surface area contributed by atoms with Crippen LogP contribution >= 0.6 is 15.9 Å². The zero-order valence-electron chi connectivity index (χ0n) is 11.2. The minimum Gasteiger partial charge on any atom is -0.497 e. The van der Waals surface area contributed by atoms with Gasteiger partial charge in [-0.2, -0.15) is 0 Å². The van der Waals surface area contributed by atoms with Gasteiger partial charge in [0, 0.05) is 4.47 Å². The van der Waals surface area contributed by atoms with Crippen molar-refractivity contribution in [2.75, 3.05) is 12.8 Å². The van der Waals surface area contributed by atoms with Gasteiger partial charge in [0.25, 0.3) is 0 Å². The summed E-state index contributed by atoms with van der Waals surface area (Å²) in [4.78, 5) is 0. The molecule has 0 aliphatic heterocycles. The van der Waals surface area contributed by atoms with Crippen LogP contribution in [0.2, 0.25) is 0 Å². The van der Waals surface area contributed by atoms with Gasteiger partial charge in [0.2, 0.25) is 0 Å². The molecule has 2 rings (SSSR count). The maximum Gasteiger partial charge on any atom is 0.169 e. The monoisotopic (exact) mass is 324 g/mol. The Bertz CT molecular complexity index is 580. The van der Waals surface area contributed by atoms with Gasteiger partial charge in [-0.3, -0.25) is 0 Å². The van der Waals surface area contributed by atoms with Crippen molar-refractivity contribution in [2.45, 2.75) is 26.3 Å². The number of rotatable bonds is 4. The van der Waals surface area contributed by atoms with Crippen molar-refractivity contribution in [3.8, 4) is 5.75 Å². The first-order valence-electron chi connectivity index (χ1n) is 6.04. The van der Waals surface area contributed by atoms with Crippen LogP contribution in [0.1, 0.15) is 31.0 Å². The van der Waals surface area contributed by atoms with Gasteiger partial charge in [0.1, 0.15) is 5.75 Å². The van der Waals surface area contributed by atoms with Gasteiger partial charge in [0.05, 0.1) is 19.3 Å². The fraction of sp³-hybridized carbons (Fsp3) is 0.385. The van der Waals surface area contributed by atoms with Crippen molar-refractivity contribution in [1.82, 2.24) is 15.0 Å². The molecule has 0 aliphatic carbocycles. The third-order valence-electron chi connectivity index (χ3n) is 2.92. The number of hydrogen-bond donors (Lipinski definition) is 1. The molecular formula is C13H17BrN4O. The summed E-state index contributed by atoms with van der Waals surface area (Å²) in [5.74, 6) is 1.59. The highest BCUT2D eigenvalue weighted by molar-refractivity contribution is 9.10. The molecule has 2 aromatic rings. The first-order chi connectivity index (χ1) is 9.02. The summed E-state index contributed by atoms with van der Waals surface area (Å²) in [5, 5.41) is 8.06. The number of aromatic nitrogens is 3. The third kappa shape index (κ3) is 2.89. The zero-order valence-corrected chi connectivity index (χ0v) is 12.8. The van der Waals surface area contributed by atoms with Crippen molar-refractivity contribution in [2.24, 2.45) is 0 Å². The first-order valence-corrected chi connectivity index (χ1v) is 6.83. The van der Waals surface area contributed by atoms with Crippen molar-refractivity contribution in [1.29, 1.82) is 0 Å². The molecule has 6 heteroatoms. The molecule has 0 saturated heterocycles. The van der Waals surface area contributed by atoms with Gasteiger partial charge in [-0.1, -0.05) is 35.0 Å². The normalized spacial score (nSPS) is 11.0. The number of halogens is 1. The number of hydrogen-bond acceptors (Lipinski definition) is 4. The minimum absolute atomic E-state index is 0.277. The second-order valence-electron chi connectivity index (χ2n) is 4.63. The highest BCUT2D eigenvalue weighted by atomic mass is 79.9. The summed E-state index contributed by atoms with van der Waals surface area (Å²) in [5.41, 5.74) is 7.89. The molecule has 0 amide bonds. The quantitative estimate of drug-likeness (QED) is 0.939. The molecule has 1 aromatic heterocycles. The molecule has 0 unspecified atom stereocenters. The molecule has 19 heavy (non-hydrogen) atoms. The van der Waals surface area contributed by atoms with E-state index in [4.69, 9.17) is 10.5 Å². The molecule has 0 atom stereocenters. The molecule has 0 fully saturated rings. The van der Waals surface area contributed by atoms with Crippen LogP contribution in [-0.2, 0) is 6.54 Å². The second-order valence-corrected chi connectivity index (χ2v) is 5.48. The Balaban J connectivity index is 2.36. The first kappa shape index (κ1) is 13.9. The molecule has 0 aliphatic rings. The Morgan fingerprint density at radius 3 is 2.79 bits per heavy atom. The van der Waals surface area contributed by atoms with E-state index in [9.17, 15) is 0 Å². The number of nitrogens with zero attached hydrogens (tertiary/aromatic N) is 3. The van der Waals surface area contributed by atoms with Crippen LogP contribution in [0.15, 0.2) is 22.7 Å². The van der Waals surface area contributed by atoms with E-state index in [0.717, 1.165) is 21.5 Å². The average Bonchev–Trinajstić information content (AvgIpc) is 2.73. The summed E-state index contributed by atoms with van der Waals surface area (Å²) < 4.78 is 8.08. The standard InChI is InChI=1S/C13H17BrN4O/c1-8(2)12-13(15)16-17-18(12)7-9-6-10(19-3)4-5-11(9)14/h4-6,8H,7,15H2,1-3H3. The number of ether oxygens (including phenoxy) is 1. The summed E-state index contributed by atoms with van der Waals surface area (Å²) in [6.45, 7) is 4.76.